The third kappa shape index (κ3) is 2.86. The minimum Gasteiger partial charge on any atom is -0.848 e. The van der Waals surface area contributed by atoms with Gasteiger partial charge in [-0.05, 0) is 48.0 Å². The molecule has 4 rings (SSSR count). The molecule has 2 unspecified atom stereocenters. The van der Waals surface area contributed by atoms with Gasteiger partial charge in [-0.3, -0.25) is 14.4 Å². The molecule has 0 saturated carbocycles. The predicted molar refractivity (Wildman–Crippen MR) is 99.3 cm³/mol. The number of rotatable bonds is 2. The lowest BCUT2D eigenvalue weighted by molar-refractivity contribution is -0.430. The van der Waals surface area contributed by atoms with E-state index in [-0.39, 0.29) is 16.9 Å². The Morgan fingerprint density at radius 1 is 0.852 bits per heavy atom. The molecular formula is C21H11Cl2O4-. The van der Waals surface area contributed by atoms with Crippen molar-refractivity contribution in [1.29, 1.82) is 0 Å². The zero-order valence-corrected chi connectivity index (χ0v) is 15.3. The van der Waals surface area contributed by atoms with E-state index in [1.807, 2.05) is 0 Å². The monoisotopic (exact) mass is 397 g/mol. The van der Waals surface area contributed by atoms with Gasteiger partial charge in [-0.25, -0.2) is 0 Å². The van der Waals surface area contributed by atoms with E-state index in [2.05, 4.69) is 0 Å². The lowest BCUT2D eigenvalue weighted by Crippen LogP contribution is -2.22. The Kier molecular flexibility index (Phi) is 4.35. The van der Waals surface area contributed by atoms with Gasteiger partial charge in [0.05, 0.1) is 5.57 Å². The molecule has 0 bridgehead atoms. The molecule has 2 aromatic carbocycles. The molecule has 2 aliphatic carbocycles. The molecule has 0 saturated heterocycles. The molecule has 27 heavy (non-hydrogen) atoms. The number of carbonyl (C=O) groups is 3. The maximum absolute atomic E-state index is 12.5. The van der Waals surface area contributed by atoms with Crippen molar-refractivity contribution in [3.8, 4) is 0 Å². The maximum Gasteiger partial charge on any atom is 0.197 e. The SMILES string of the molecule is O=C1/C(=C/C=C/C2C(=O)c3ccc(Cl)cc3C2[O-])C(=O)c2cc(Cl)ccc21. The predicted octanol–water partition coefficient (Wildman–Crippen LogP) is 3.77. The van der Waals surface area contributed by atoms with Crippen molar-refractivity contribution in [1.82, 2.24) is 0 Å². The second-order valence-electron chi connectivity index (χ2n) is 6.36. The summed E-state index contributed by atoms with van der Waals surface area (Å²) in [6, 6.07) is 9.13. The summed E-state index contributed by atoms with van der Waals surface area (Å²) in [6.45, 7) is 0. The zero-order chi connectivity index (χ0) is 19.3. The number of Topliss-reactive ketones (excluding diaryl/α,β-unsaturated/α-hetero) is 3. The normalized spacial score (nSPS) is 22.8. The van der Waals surface area contributed by atoms with Crippen LogP contribution in [0.1, 0.15) is 42.7 Å². The van der Waals surface area contributed by atoms with Crippen molar-refractivity contribution in [3.05, 3.63) is 92.5 Å². The Bertz CT molecular complexity index is 1080. The van der Waals surface area contributed by atoms with Gasteiger partial charge in [0.2, 0.25) is 0 Å². The van der Waals surface area contributed by atoms with E-state index < -0.39 is 23.6 Å². The molecule has 2 aliphatic rings. The van der Waals surface area contributed by atoms with E-state index in [0.717, 1.165) is 0 Å². The molecule has 2 aromatic rings. The van der Waals surface area contributed by atoms with Gasteiger partial charge in [0.15, 0.2) is 17.3 Å². The van der Waals surface area contributed by atoms with Crippen LogP contribution < -0.4 is 5.11 Å². The number of hydrogen-bond donors (Lipinski definition) is 0. The molecule has 0 fully saturated rings. The van der Waals surface area contributed by atoms with Gasteiger partial charge < -0.3 is 5.11 Å². The first-order chi connectivity index (χ1) is 12.9. The fourth-order valence-corrected chi connectivity index (χ4v) is 3.76. The summed E-state index contributed by atoms with van der Waals surface area (Å²) in [7, 11) is 0. The van der Waals surface area contributed by atoms with Gasteiger partial charge in [-0.1, -0.05) is 41.5 Å². The maximum atomic E-state index is 12.5. The summed E-state index contributed by atoms with van der Waals surface area (Å²) in [5.74, 6) is -2.02. The van der Waals surface area contributed by atoms with Gasteiger partial charge in [0, 0.05) is 32.7 Å². The van der Waals surface area contributed by atoms with E-state index in [1.165, 1.54) is 36.4 Å². The second-order valence-corrected chi connectivity index (χ2v) is 7.23. The number of halogens is 2. The van der Waals surface area contributed by atoms with E-state index in [1.54, 1.807) is 18.2 Å². The van der Waals surface area contributed by atoms with Crippen molar-refractivity contribution in [2.75, 3.05) is 0 Å². The zero-order valence-electron chi connectivity index (χ0n) is 13.7. The summed E-state index contributed by atoms with van der Waals surface area (Å²) in [5.41, 5.74) is 1.26. The molecule has 0 heterocycles. The van der Waals surface area contributed by atoms with Crippen LogP contribution in [0.2, 0.25) is 10.0 Å². The standard InChI is InChI=1S/C21H11Cl2O4/c22-10-4-6-12-16(8-10)20(26)14(18(12)24)2-1-3-15-19(25)13-7-5-11(23)9-17(13)21(15)27/h1-9,14,20H/q-1/b2-1+,15-3-. The van der Waals surface area contributed by atoms with Gasteiger partial charge in [0.25, 0.3) is 0 Å². The van der Waals surface area contributed by atoms with Crippen molar-refractivity contribution in [2.45, 2.75) is 6.10 Å². The third-order valence-electron chi connectivity index (χ3n) is 4.76. The summed E-state index contributed by atoms with van der Waals surface area (Å²) >= 11 is 11.8. The Labute approximate surface area is 164 Å². The summed E-state index contributed by atoms with van der Waals surface area (Å²) < 4.78 is 0. The summed E-state index contributed by atoms with van der Waals surface area (Å²) in [4.78, 5) is 37.2. The highest BCUT2D eigenvalue weighted by Gasteiger charge is 2.33. The second kappa shape index (κ2) is 6.57. The van der Waals surface area contributed by atoms with Crippen molar-refractivity contribution in [2.24, 2.45) is 5.92 Å². The van der Waals surface area contributed by atoms with Crippen LogP contribution in [0.25, 0.3) is 0 Å². The Morgan fingerprint density at radius 2 is 1.48 bits per heavy atom. The minimum absolute atomic E-state index is 0.0167. The largest absolute Gasteiger partial charge is 0.848 e. The first-order valence-electron chi connectivity index (χ1n) is 8.15. The fourth-order valence-electron chi connectivity index (χ4n) is 3.41. The highest BCUT2D eigenvalue weighted by molar-refractivity contribution is 6.40. The van der Waals surface area contributed by atoms with E-state index in [0.29, 0.717) is 26.7 Å². The quantitative estimate of drug-likeness (QED) is 0.570. The van der Waals surface area contributed by atoms with Crippen molar-refractivity contribution >= 4 is 40.6 Å². The number of benzene rings is 2. The highest BCUT2D eigenvalue weighted by atomic mass is 35.5. The minimum atomic E-state index is -1.27. The molecule has 6 heteroatoms. The lowest BCUT2D eigenvalue weighted by atomic mass is 10.0. The molecule has 2 atom stereocenters. The van der Waals surface area contributed by atoms with Gasteiger partial charge in [-0.2, -0.15) is 0 Å². The van der Waals surface area contributed by atoms with Gasteiger partial charge in [-0.15, -0.1) is 0 Å². The molecule has 0 aromatic heterocycles. The molecule has 4 nitrogen and oxygen atoms in total. The topological polar surface area (TPSA) is 74.3 Å². The van der Waals surface area contributed by atoms with Crippen LogP contribution in [0.15, 0.2) is 60.2 Å². The Hall–Kier alpha value is -2.53. The molecule has 0 N–H and O–H groups in total. The fraction of sp³-hybridized carbons (Fsp3) is 0.0952. The smallest absolute Gasteiger partial charge is 0.197 e. The molecule has 0 amide bonds. The number of ketones is 3. The Balaban J connectivity index is 1.61. The van der Waals surface area contributed by atoms with Crippen LogP contribution in [-0.2, 0) is 0 Å². The first-order valence-corrected chi connectivity index (χ1v) is 8.91. The van der Waals surface area contributed by atoms with Gasteiger partial charge in [0.1, 0.15) is 0 Å². The molecular weight excluding hydrogens is 387 g/mol. The van der Waals surface area contributed by atoms with Crippen molar-refractivity contribution < 1.29 is 19.5 Å². The first kappa shape index (κ1) is 17.9. The van der Waals surface area contributed by atoms with Crippen LogP contribution in [0, 0.1) is 5.92 Å². The molecule has 0 spiro atoms. The number of allylic oxidation sites excluding steroid dienone is 3. The van der Waals surface area contributed by atoms with E-state index >= 15 is 0 Å². The molecule has 0 radical (unpaired) electrons. The van der Waals surface area contributed by atoms with Crippen LogP contribution >= 0.6 is 23.2 Å². The van der Waals surface area contributed by atoms with Crippen molar-refractivity contribution in [3.63, 3.8) is 0 Å². The molecule has 134 valence electrons. The van der Waals surface area contributed by atoms with Crippen LogP contribution in [0.5, 0.6) is 0 Å². The number of carbonyl (C=O) groups excluding carboxylic acids is 3. The third-order valence-corrected chi connectivity index (χ3v) is 5.23. The van der Waals surface area contributed by atoms with Crippen LogP contribution in [0.4, 0.5) is 0 Å². The highest BCUT2D eigenvalue weighted by Crippen LogP contribution is 2.36. The average molecular weight is 398 g/mol. The van der Waals surface area contributed by atoms with E-state index in [4.69, 9.17) is 23.2 Å². The van der Waals surface area contributed by atoms with Crippen LogP contribution in [0.3, 0.4) is 0 Å². The lowest BCUT2D eigenvalue weighted by Gasteiger charge is -2.21. The van der Waals surface area contributed by atoms with Crippen LogP contribution in [-0.4, -0.2) is 17.3 Å². The average Bonchev–Trinajstić information content (AvgIpc) is 3.01. The summed E-state index contributed by atoms with van der Waals surface area (Å²) in [6.07, 6.45) is 2.91. The summed E-state index contributed by atoms with van der Waals surface area (Å²) in [5, 5.41) is 13.3. The molecule has 0 aliphatic heterocycles. The number of hydrogen-bond acceptors (Lipinski definition) is 4. The van der Waals surface area contributed by atoms with E-state index in [9.17, 15) is 19.5 Å². The van der Waals surface area contributed by atoms with Gasteiger partial charge >= 0.3 is 0 Å². The Morgan fingerprint density at radius 3 is 2.22 bits per heavy atom. The number of fused-ring (bicyclic) bond motifs is 2.